The van der Waals surface area contributed by atoms with Crippen molar-refractivity contribution < 1.29 is 9.53 Å². The molecule has 2 aromatic heterocycles. The molecule has 8 nitrogen and oxygen atoms in total. The lowest BCUT2D eigenvalue weighted by atomic mass is 9.96. The summed E-state index contributed by atoms with van der Waals surface area (Å²) in [7, 11) is 0. The van der Waals surface area contributed by atoms with E-state index < -0.39 is 0 Å². The van der Waals surface area contributed by atoms with Gasteiger partial charge in [0, 0.05) is 42.6 Å². The van der Waals surface area contributed by atoms with Crippen LogP contribution in [0.25, 0.3) is 11.4 Å². The number of nitrogens with one attached hydrogen (secondary N) is 2. The lowest BCUT2D eigenvalue weighted by molar-refractivity contribution is 0.0966. The van der Waals surface area contributed by atoms with Gasteiger partial charge in [-0.15, -0.1) is 0 Å². The minimum atomic E-state index is -0.0602. The van der Waals surface area contributed by atoms with E-state index in [1.807, 2.05) is 6.20 Å². The number of aromatic nitrogens is 3. The molecule has 0 aliphatic carbocycles. The first kappa shape index (κ1) is 20.0. The largest absolute Gasteiger partial charge is 0.381 e. The summed E-state index contributed by atoms with van der Waals surface area (Å²) >= 11 is 0. The summed E-state index contributed by atoms with van der Waals surface area (Å²) in [6.07, 6.45) is 6.71. The number of imidazole rings is 1. The van der Waals surface area contributed by atoms with Gasteiger partial charge in [0.2, 0.25) is 0 Å². The van der Waals surface area contributed by atoms with Crippen LogP contribution in [0.15, 0.2) is 12.3 Å². The Hall–Kier alpha value is -2.61. The number of carbonyl (C=O) groups is 1. The number of carbonyl (C=O) groups excluding carboxylic acids is 1. The molecule has 170 valence electrons. The lowest BCUT2D eigenvalue weighted by Crippen LogP contribution is -2.44. The van der Waals surface area contributed by atoms with Crippen molar-refractivity contribution in [2.24, 2.45) is 11.8 Å². The van der Waals surface area contributed by atoms with Crippen molar-refractivity contribution in [3.63, 3.8) is 0 Å². The average Bonchev–Trinajstić information content (AvgIpc) is 3.52. The molecule has 6 rings (SSSR count). The van der Waals surface area contributed by atoms with Crippen LogP contribution in [0.4, 0.5) is 11.6 Å². The Morgan fingerprint density at radius 3 is 2.78 bits per heavy atom. The highest BCUT2D eigenvalue weighted by atomic mass is 16.5. The zero-order chi connectivity index (χ0) is 21.9. The predicted molar refractivity (Wildman–Crippen MR) is 123 cm³/mol. The van der Waals surface area contributed by atoms with Crippen LogP contribution < -0.4 is 15.1 Å². The van der Waals surface area contributed by atoms with Gasteiger partial charge in [-0.1, -0.05) is 12.8 Å². The number of anilines is 2. The highest BCUT2D eigenvalue weighted by molar-refractivity contribution is 6.04. The second kappa shape index (κ2) is 7.47. The van der Waals surface area contributed by atoms with Gasteiger partial charge in [-0.25, -0.2) is 9.97 Å². The van der Waals surface area contributed by atoms with Crippen LogP contribution in [0.3, 0.4) is 0 Å². The van der Waals surface area contributed by atoms with Gasteiger partial charge in [-0.2, -0.15) is 0 Å². The van der Waals surface area contributed by atoms with Gasteiger partial charge >= 0.3 is 0 Å². The van der Waals surface area contributed by atoms with Crippen molar-refractivity contribution in [3.05, 3.63) is 23.5 Å². The summed E-state index contributed by atoms with van der Waals surface area (Å²) in [5.41, 5.74) is 2.38. The van der Waals surface area contributed by atoms with Crippen LogP contribution >= 0.6 is 0 Å². The fraction of sp³-hybridized carbons (Fsp3) is 0.625. The quantitative estimate of drug-likeness (QED) is 0.769. The SMILES string of the molecule is CC1(C)CCCCCN1c1cc(-c2ncc(N3C[C@H]4COC[C@H]4C3)[nH]2)c2c(n1)CNC2=O. The number of nitrogens with zero attached hydrogens (tertiary/aromatic N) is 4. The molecule has 32 heavy (non-hydrogen) atoms. The smallest absolute Gasteiger partial charge is 0.254 e. The Balaban J connectivity index is 1.37. The first-order valence-electron chi connectivity index (χ1n) is 12.0. The van der Waals surface area contributed by atoms with E-state index in [0.29, 0.717) is 23.9 Å². The molecule has 0 saturated carbocycles. The molecule has 0 bridgehead atoms. The van der Waals surface area contributed by atoms with E-state index in [1.165, 1.54) is 19.3 Å². The molecule has 4 aliphatic heterocycles. The molecule has 0 radical (unpaired) electrons. The van der Waals surface area contributed by atoms with Crippen molar-refractivity contribution in [3.8, 4) is 11.4 Å². The summed E-state index contributed by atoms with van der Waals surface area (Å²) in [5.74, 6) is 3.87. The molecule has 6 heterocycles. The van der Waals surface area contributed by atoms with Crippen LogP contribution in [0.1, 0.15) is 55.6 Å². The van der Waals surface area contributed by atoms with Crippen molar-refractivity contribution in [2.75, 3.05) is 42.6 Å². The number of rotatable bonds is 3. The van der Waals surface area contributed by atoms with Crippen molar-refractivity contribution in [1.82, 2.24) is 20.3 Å². The van der Waals surface area contributed by atoms with Crippen LogP contribution in [0.2, 0.25) is 0 Å². The monoisotopic (exact) mass is 436 g/mol. The number of amides is 1. The summed E-state index contributed by atoms with van der Waals surface area (Å²) in [5, 5.41) is 2.96. The molecule has 0 aromatic carbocycles. The highest BCUT2D eigenvalue weighted by Crippen LogP contribution is 2.37. The number of hydrogen-bond donors (Lipinski definition) is 2. The second-order valence-electron chi connectivity index (χ2n) is 10.4. The molecule has 2 N–H and O–H groups in total. The van der Waals surface area contributed by atoms with E-state index >= 15 is 0 Å². The Kier molecular flexibility index (Phi) is 4.68. The first-order chi connectivity index (χ1) is 15.5. The first-order valence-corrected chi connectivity index (χ1v) is 12.0. The third kappa shape index (κ3) is 3.27. The topological polar surface area (TPSA) is 86.4 Å². The molecule has 2 atom stereocenters. The lowest BCUT2D eigenvalue weighted by Gasteiger charge is -2.38. The van der Waals surface area contributed by atoms with Gasteiger partial charge < -0.3 is 24.8 Å². The molecular weight excluding hydrogens is 404 g/mol. The molecule has 0 unspecified atom stereocenters. The van der Waals surface area contributed by atoms with Crippen molar-refractivity contribution >= 4 is 17.5 Å². The number of hydrogen-bond acceptors (Lipinski definition) is 6. The Labute approximate surface area is 188 Å². The van der Waals surface area contributed by atoms with E-state index in [2.05, 4.69) is 40.0 Å². The normalized spacial score (nSPS) is 26.8. The highest BCUT2D eigenvalue weighted by Gasteiger charge is 2.38. The van der Waals surface area contributed by atoms with E-state index in [0.717, 1.165) is 68.0 Å². The van der Waals surface area contributed by atoms with Crippen LogP contribution in [-0.4, -0.2) is 59.2 Å². The maximum atomic E-state index is 12.7. The van der Waals surface area contributed by atoms with Crippen molar-refractivity contribution in [1.29, 1.82) is 0 Å². The standard InChI is InChI=1S/C24H32N6O2/c1-24(2)6-4-3-5-7-30(24)19-8-17(21-18(27-19)9-26-23(21)31)22-25-10-20(28-22)29-11-15-13-32-14-16(15)12-29/h8,10,15-16H,3-7,9,11-14H2,1-2H3,(H,25,28)(H,26,31)/t15-,16+. The molecule has 3 fully saturated rings. The fourth-order valence-corrected chi connectivity index (χ4v) is 5.90. The molecule has 3 saturated heterocycles. The van der Waals surface area contributed by atoms with Crippen molar-refractivity contribution in [2.45, 2.75) is 51.6 Å². The third-order valence-electron chi connectivity index (χ3n) is 7.80. The minimum Gasteiger partial charge on any atom is -0.381 e. The summed E-state index contributed by atoms with van der Waals surface area (Å²) < 4.78 is 5.62. The second-order valence-corrected chi connectivity index (χ2v) is 10.4. The van der Waals surface area contributed by atoms with Crippen LogP contribution in [0, 0.1) is 11.8 Å². The zero-order valence-corrected chi connectivity index (χ0v) is 19.0. The van der Waals surface area contributed by atoms with E-state index in [1.54, 1.807) is 0 Å². The molecule has 1 amide bonds. The number of pyridine rings is 1. The van der Waals surface area contributed by atoms with Gasteiger partial charge in [0.05, 0.1) is 37.2 Å². The molecule has 4 aliphatic rings. The Morgan fingerprint density at radius 1 is 1.16 bits per heavy atom. The fourth-order valence-electron chi connectivity index (χ4n) is 5.90. The molecular formula is C24H32N6O2. The number of fused-ring (bicyclic) bond motifs is 2. The van der Waals surface area contributed by atoms with E-state index in [9.17, 15) is 4.79 Å². The van der Waals surface area contributed by atoms with Gasteiger partial charge in [0.1, 0.15) is 17.5 Å². The molecule has 8 heteroatoms. The van der Waals surface area contributed by atoms with Gasteiger partial charge in [-0.3, -0.25) is 4.79 Å². The maximum Gasteiger partial charge on any atom is 0.254 e. The number of H-pyrrole nitrogens is 1. The zero-order valence-electron chi connectivity index (χ0n) is 19.0. The maximum absolute atomic E-state index is 12.7. The van der Waals surface area contributed by atoms with Crippen LogP contribution in [-0.2, 0) is 11.3 Å². The Morgan fingerprint density at radius 2 is 1.97 bits per heavy atom. The average molecular weight is 437 g/mol. The van der Waals surface area contributed by atoms with Crippen LogP contribution in [0.5, 0.6) is 0 Å². The van der Waals surface area contributed by atoms with E-state index in [-0.39, 0.29) is 11.4 Å². The third-order valence-corrected chi connectivity index (χ3v) is 7.80. The predicted octanol–water partition coefficient (Wildman–Crippen LogP) is 2.96. The molecule has 0 spiro atoms. The molecule has 2 aromatic rings. The number of aromatic amines is 1. The van der Waals surface area contributed by atoms with Gasteiger partial charge in [-0.05, 0) is 32.8 Å². The van der Waals surface area contributed by atoms with Gasteiger partial charge in [0.15, 0.2) is 0 Å². The van der Waals surface area contributed by atoms with Gasteiger partial charge in [0.25, 0.3) is 5.91 Å². The summed E-state index contributed by atoms with van der Waals surface area (Å²) in [6, 6.07) is 2.08. The summed E-state index contributed by atoms with van der Waals surface area (Å²) in [6.45, 7) is 9.77. The minimum absolute atomic E-state index is 0.0365. The Bertz CT molecular complexity index is 1040. The number of ether oxygens (including phenoxy) is 1. The van der Waals surface area contributed by atoms with E-state index in [4.69, 9.17) is 14.7 Å². The summed E-state index contributed by atoms with van der Waals surface area (Å²) in [4.78, 5) is 30.7.